The lowest BCUT2D eigenvalue weighted by Crippen LogP contribution is -2.54. The maximum Gasteiger partial charge on any atom is 0.257 e. The van der Waals surface area contributed by atoms with Gasteiger partial charge in [-0.15, -0.1) is 0 Å². The van der Waals surface area contributed by atoms with E-state index < -0.39 is 16.2 Å². The van der Waals surface area contributed by atoms with Crippen LogP contribution < -0.4 is 10.0 Å². The van der Waals surface area contributed by atoms with Gasteiger partial charge in [-0.2, -0.15) is 9.82 Å². The van der Waals surface area contributed by atoms with Gasteiger partial charge in [0.25, 0.3) is 5.91 Å². The number of amides is 1. The Bertz CT molecular complexity index is 1050. The zero-order valence-electron chi connectivity index (χ0n) is 17.0. The number of aryl methyl sites for hydroxylation is 2. The predicted molar refractivity (Wildman–Crippen MR) is 110 cm³/mol. The largest absolute Gasteiger partial charge is 0.368 e. The molecule has 1 aromatic heterocycles. The molecule has 0 bridgehead atoms. The summed E-state index contributed by atoms with van der Waals surface area (Å²) in [5, 5.41) is 7.78. The number of piperidine rings is 1. The lowest BCUT2D eigenvalue weighted by molar-refractivity contribution is 0.0657. The van der Waals surface area contributed by atoms with Crippen LogP contribution in [0.15, 0.2) is 29.2 Å². The first-order valence-corrected chi connectivity index (χ1v) is 11.5. The molecule has 0 aliphatic carbocycles. The van der Waals surface area contributed by atoms with E-state index in [-0.39, 0.29) is 16.7 Å². The Balaban J connectivity index is 1.55. The highest BCUT2D eigenvalue weighted by Gasteiger charge is 2.37. The maximum absolute atomic E-state index is 13.2. The first kappa shape index (κ1) is 19.9. The Morgan fingerprint density at radius 3 is 2.76 bits per heavy atom. The third-order valence-corrected chi connectivity index (χ3v) is 7.38. The van der Waals surface area contributed by atoms with Gasteiger partial charge in [0.05, 0.1) is 23.1 Å². The molecule has 2 unspecified atom stereocenters. The van der Waals surface area contributed by atoms with Gasteiger partial charge in [0.2, 0.25) is 10.0 Å². The third-order valence-electron chi connectivity index (χ3n) is 5.88. The summed E-state index contributed by atoms with van der Waals surface area (Å²) in [6.07, 6.45) is 1.24. The van der Waals surface area contributed by atoms with E-state index in [1.807, 2.05) is 36.4 Å². The summed E-state index contributed by atoms with van der Waals surface area (Å²) < 4.78 is 29.9. The molecule has 2 N–H and O–H groups in total. The topological polar surface area (TPSA) is 96.3 Å². The highest BCUT2D eigenvalue weighted by molar-refractivity contribution is 7.89. The number of fused-ring (bicyclic) bond motifs is 1. The number of hydrogen-bond donors (Lipinski definition) is 2. The molecule has 1 aromatic carbocycles. The number of sulfonamides is 1. The summed E-state index contributed by atoms with van der Waals surface area (Å²) in [5.41, 5.74) is 2.88. The third kappa shape index (κ3) is 3.53. The van der Waals surface area contributed by atoms with E-state index in [1.165, 1.54) is 0 Å². The fourth-order valence-corrected chi connectivity index (χ4v) is 5.79. The number of likely N-dealkylation sites (tertiary alicyclic amines) is 1. The Morgan fingerprint density at radius 2 is 2.03 bits per heavy atom. The molecule has 2 aliphatic rings. The molecule has 0 spiro atoms. The molecule has 2 atom stereocenters. The maximum atomic E-state index is 13.2. The number of aromatic nitrogens is 2. The number of para-hydroxylation sites is 1. The van der Waals surface area contributed by atoms with Gasteiger partial charge in [0.15, 0.2) is 0 Å². The SMILES string of the molecule is CCn1nc(C)c(C(=O)N2CCCC(C3Nc4ccccc4S(=O)(=O)N3)C2)c1C. The molecule has 156 valence electrons. The van der Waals surface area contributed by atoms with E-state index in [1.54, 1.807) is 18.2 Å². The first-order chi connectivity index (χ1) is 13.8. The second-order valence-corrected chi connectivity index (χ2v) is 9.44. The van der Waals surface area contributed by atoms with E-state index in [2.05, 4.69) is 15.1 Å². The van der Waals surface area contributed by atoms with Crippen LogP contribution >= 0.6 is 0 Å². The molecular weight excluding hydrogens is 390 g/mol. The van der Waals surface area contributed by atoms with E-state index in [0.717, 1.165) is 30.8 Å². The second kappa shape index (κ2) is 7.46. The van der Waals surface area contributed by atoms with Crippen LogP contribution in [0.2, 0.25) is 0 Å². The number of nitrogens with one attached hydrogen (secondary N) is 2. The summed E-state index contributed by atoms with van der Waals surface area (Å²) in [6, 6.07) is 6.90. The van der Waals surface area contributed by atoms with Crippen LogP contribution in [0.4, 0.5) is 5.69 Å². The van der Waals surface area contributed by atoms with Crippen LogP contribution in [0.1, 0.15) is 41.5 Å². The van der Waals surface area contributed by atoms with Crippen molar-refractivity contribution in [3.8, 4) is 0 Å². The van der Waals surface area contributed by atoms with E-state index >= 15 is 0 Å². The summed E-state index contributed by atoms with van der Waals surface area (Å²) >= 11 is 0. The van der Waals surface area contributed by atoms with Crippen LogP contribution in [0.5, 0.6) is 0 Å². The zero-order chi connectivity index (χ0) is 20.8. The standard InChI is InChI=1S/C20H27N5O3S/c1-4-25-14(3)18(13(2)22-25)20(26)24-11-7-8-15(12-24)19-21-16-9-5-6-10-17(16)29(27,28)23-19/h5-6,9-10,15,19,21,23H,4,7-8,11-12H2,1-3H3. The van der Waals surface area contributed by atoms with Gasteiger partial charge in [-0.3, -0.25) is 9.48 Å². The van der Waals surface area contributed by atoms with Gasteiger partial charge >= 0.3 is 0 Å². The molecule has 9 heteroatoms. The molecular formula is C20H27N5O3S. The average Bonchev–Trinajstić information content (AvgIpc) is 3.00. The number of hydrogen-bond acceptors (Lipinski definition) is 5. The van der Waals surface area contributed by atoms with Gasteiger partial charge in [0, 0.05) is 31.2 Å². The van der Waals surface area contributed by atoms with Crippen molar-refractivity contribution in [3.63, 3.8) is 0 Å². The predicted octanol–water partition coefficient (Wildman–Crippen LogP) is 2.10. The van der Waals surface area contributed by atoms with Gasteiger partial charge < -0.3 is 10.2 Å². The minimum atomic E-state index is -3.57. The fraction of sp³-hybridized carbons (Fsp3) is 0.500. The minimum Gasteiger partial charge on any atom is -0.368 e. The highest BCUT2D eigenvalue weighted by Crippen LogP contribution is 2.31. The van der Waals surface area contributed by atoms with Crippen LogP contribution in [0.25, 0.3) is 0 Å². The van der Waals surface area contributed by atoms with E-state index in [4.69, 9.17) is 0 Å². The molecule has 2 aromatic rings. The number of rotatable bonds is 3. The summed E-state index contributed by atoms with van der Waals surface area (Å²) in [5.74, 6) is -0.0406. The van der Waals surface area contributed by atoms with Crippen molar-refractivity contribution in [3.05, 3.63) is 41.2 Å². The lowest BCUT2D eigenvalue weighted by atomic mass is 9.94. The Hall–Kier alpha value is -2.39. The number of anilines is 1. The molecule has 2 aliphatic heterocycles. The van der Waals surface area contributed by atoms with Crippen molar-refractivity contribution in [2.45, 2.75) is 51.2 Å². The van der Waals surface area contributed by atoms with Gasteiger partial charge in [-0.25, -0.2) is 8.42 Å². The molecule has 4 rings (SSSR count). The van der Waals surface area contributed by atoms with Crippen LogP contribution in [-0.4, -0.2) is 48.3 Å². The number of carbonyl (C=O) groups excluding carboxylic acids is 1. The fourth-order valence-electron chi connectivity index (χ4n) is 4.40. The number of carbonyl (C=O) groups is 1. The van der Waals surface area contributed by atoms with E-state index in [0.29, 0.717) is 24.3 Å². The Kier molecular flexibility index (Phi) is 5.12. The zero-order valence-corrected chi connectivity index (χ0v) is 17.8. The van der Waals surface area contributed by atoms with Crippen molar-refractivity contribution < 1.29 is 13.2 Å². The minimum absolute atomic E-state index is 0.0161. The number of nitrogens with zero attached hydrogens (tertiary/aromatic N) is 3. The smallest absolute Gasteiger partial charge is 0.257 e. The first-order valence-electron chi connectivity index (χ1n) is 10.0. The van der Waals surface area contributed by atoms with Gasteiger partial charge in [0.1, 0.15) is 4.90 Å². The average molecular weight is 418 g/mol. The van der Waals surface area contributed by atoms with E-state index in [9.17, 15) is 13.2 Å². The van der Waals surface area contributed by atoms with Crippen molar-refractivity contribution >= 4 is 21.6 Å². The second-order valence-electron chi connectivity index (χ2n) is 7.75. The molecule has 3 heterocycles. The highest BCUT2D eigenvalue weighted by atomic mass is 32.2. The summed E-state index contributed by atoms with van der Waals surface area (Å²) in [7, 11) is -3.57. The molecule has 0 saturated carbocycles. The van der Waals surface area contributed by atoms with Crippen molar-refractivity contribution in [2.24, 2.45) is 5.92 Å². The molecule has 1 saturated heterocycles. The molecule has 1 amide bonds. The van der Waals surface area contributed by atoms with Crippen molar-refractivity contribution in [2.75, 3.05) is 18.4 Å². The van der Waals surface area contributed by atoms with Crippen LogP contribution in [0.3, 0.4) is 0 Å². The number of benzene rings is 1. The van der Waals surface area contributed by atoms with Crippen molar-refractivity contribution in [1.29, 1.82) is 0 Å². The molecule has 0 radical (unpaired) electrons. The summed E-state index contributed by atoms with van der Waals surface area (Å²) in [4.78, 5) is 15.3. The van der Waals surface area contributed by atoms with Gasteiger partial charge in [-0.05, 0) is 45.7 Å². The molecule has 1 fully saturated rings. The Morgan fingerprint density at radius 1 is 1.28 bits per heavy atom. The van der Waals surface area contributed by atoms with Crippen LogP contribution in [0, 0.1) is 19.8 Å². The monoisotopic (exact) mass is 417 g/mol. The normalized spacial score (nSPS) is 23.3. The quantitative estimate of drug-likeness (QED) is 0.797. The lowest BCUT2D eigenvalue weighted by Gasteiger charge is -2.39. The van der Waals surface area contributed by atoms with Gasteiger partial charge in [-0.1, -0.05) is 12.1 Å². The van der Waals surface area contributed by atoms with Crippen molar-refractivity contribution in [1.82, 2.24) is 19.4 Å². The Labute approximate surface area is 171 Å². The summed E-state index contributed by atoms with van der Waals surface area (Å²) in [6.45, 7) is 7.67. The van der Waals surface area contributed by atoms with Crippen LogP contribution in [-0.2, 0) is 16.6 Å². The molecule has 8 nitrogen and oxygen atoms in total. The molecule has 29 heavy (non-hydrogen) atoms.